The topological polar surface area (TPSA) is 71.5 Å². The van der Waals surface area contributed by atoms with Crippen LogP contribution in [-0.4, -0.2) is 41.0 Å². The van der Waals surface area contributed by atoms with Crippen LogP contribution in [0.15, 0.2) is 23.6 Å². The Morgan fingerprint density at radius 3 is 3.12 bits per heavy atom. The second kappa shape index (κ2) is 7.69. The van der Waals surface area contributed by atoms with Crippen molar-refractivity contribution < 1.29 is 14.3 Å². The van der Waals surface area contributed by atoms with E-state index >= 15 is 0 Å². The van der Waals surface area contributed by atoms with Crippen molar-refractivity contribution in [3.63, 3.8) is 0 Å². The van der Waals surface area contributed by atoms with E-state index in [4.69, 9.17) is 4.74 Å². The highest BCUT2D eigenvalue weighted by atomic mass is 32.1. The highest BCUT2D eigenvalue weighted by molar-refractivity contribution is 7.15. The monoisotopic (exact) mass is 389 g/mol. The molecule has 2 aromatic rings. The molecule has 1 saturated heterocycles. The Labute approximate surface area is 159 Å². The average Bonchev–Trinajstić information content (AvgIpc) is 3.39. The van der Waals surface area contributed by atoms with Crippen LogP contribution in [0.4, 0.5) is 5.13 Å². The summed E-state index contributed by atoms with van der Waals surface area (Å²) < 4.78 is 5.40. The van der Waals surface area contributed by atoms with Gasteiger partial charge in [-0.05, 0) is 30.4 Å². The minimum Gasteiger partial charge on any atom is -0.368 e. The molecule has 2 amide bonds. The first-order valence-corrected chi connectivity index (χ1v) is 10.3. The van der Waals surface area contributed by atoms with Crippen LogP contribution in [0.5, 0.6) is 0 Å². The Morgan fingerprint density at radius 2 is 2.35 bits per heavy atom. The minimum absolute atomic E-state index is 0.00221. The molecule has 8 heteroatoms. The van der Waals surface area contributed by atoms with Crippen LogP contribution in [0.1, 0.15) is 28.3 Å². The van der Waals surface area contributed by atoms with Crippen molar-refractivity contribution in [2.45, 2.75) is 31.9 Å². The van der Waals surface area contributed by atoms with E-state index < -0.39 is 0 Å². The smallest absolute Gasteiger partial charge is 0.255 e. The number of rotatable bonds is 4. The summed E-state index contributed by atoms with van der Waals surface area (Å²) in [7, 11) is 0. The van der Waals surface area contributed by atoms with E-state index in [2.05, 4.69) is 10.3 Å². The lowest BCUT2D eigenvalue weighted by Crippen LogP contribution is -2.34. The molecule has 136 valence electrons. The van der Waals surface area contributed by atoms with E-state index in [9.17, 15) is 9.59 Å². The van der Waals surface area contributed by atoms with Crippen LogP contribution >= 0.6 is 22.7 Å². The Bertz CT molecular complexity index is 823. The van der Waals surface area contributed by atoms with Gasteiger partial charge in [0.2, 0.25) is 5.91 Å². The van der Waals surface area contributed by atoms with Crippen molar-refractivity contribution in [1.82, 2.24) is 9.88 Å². The first-order chi connectivity index (χ1) is 12.7. The summed E-state index contributed by atoms with van der Waals surface area (Å²) in [4.78, 5) is 33.0. The van der Waals surface area contributed by atoms with Crippen molar-refractivity contribution in [2.24, 2.45) is 0 Å². The van der Waals surface area contributed by atoms with Crippen LogP contribution in [0, 0.1) is 0 Å². The molecule has 0 saturated carbocycles. The number of fused-ring (bicyclic) bond motifs is 1. The number of carbonyl (C=O) groups excluding carboxylic acids is 2. The van der Waals surface area contributed by atoms with Gasteiger partial charge in [-0.25, -0.2) is 4.98 Å². The second-order valence-corrected chi connectivity index (χ2v) is 8.30. The van der Waals surface area contributed by atoms with Crippen molar-refractivity contribution in [3.8, 4) is 0 Å². The molecule has 6 nitrogen and oxygen atoms in total. The van der Waals surface area contributed by atoms with Gasteiger partial charge in [0.1, 0.15) is 6.10 Å². The van der Waals surface area contributed by atoms with Crippen molar-refractivity contribution in [3.05, 3.63) is 39.0 Å². The van der Waals surface area contributed by atoms with Crippen LogP contribution in [-0.2, 0) is 27.3 Å². The maximum atomic E-state index is 12.4. The van der Waals surface area contributed by atoms with Crippen LogP contribution in [0.25, 0.3) is 6.08 Å². The van der Waals surface area contributed by atoms with Crippen molar-refractivity contribution >= 4 is 45.7 Å². The predicted octanol–water partition coefficient (Wildman–Crippen LogP) is 2.92. The fourth-order valence-electron chi connectivity index (χ4n) is 3.05. The number of nitrogens with one attached hydrogen (secondary N) is 1. The highest BCUT2D eigenvalue weighted by Gasteiger charge is 2.27. The van der Waals surface area contributed by atoms with Gasteiger partial charge in [-0.1, -0.05) is 17.4 Å². The summed E-state index contributed by atoms with van der Waals surface area (Å²) in [5.74, 6) is -0.122. The molecule has 26 heavy (non-hydrogen) atoms. The molecule has 2 aromatic heterocycles. The van der Waals surface area contributed by atoms with Gasteiger partial charge in [-0.2, -0.15) is 0 Å². The van der Waals surface area contributed by atoms with Crippen LogP contribution in [0.3, 0.4) is 0 Å². The first kappa shape index (κ1) is 17.4. The molecule has 0 unspecified atom stereocenters. The number of aromatic nitrogens is 1. The number of carbonyl (C=O) groups is 2. The predicted molar refractivity (Wildman–Crippen MR) is 102 cm³/mol. The number of anilines is 1. The molecular weight excluding hydrogens is 370 g/mol. The van der Waals surface area contributed by atoms with Gasteiger partial charge in [0.15, 0.2) is 5.13 Å². The van der Waals surface area contributed by atoms with E-state index in [-0.39, 0.29) is 17.9 Å². The molecule has 0 aromatic carbocycles. The molecule has 1 fully saturated rings. The minimum atomic E-state index is -0.364. The fraction of sp³-hybridized carbons (Fsp3) is 0.389. The maximum Gasteiger partial charge on any atom is 0.255 e. The molecule has 0 aliphatic carbocycles. The molecule has 1 atom stereocenters. The van der Waals surface area contributed by atoms with E-state index in [1.807, 2.05) is 28.5 Å². The number of amides is 2. The van der Waals surface area contributed by atoms with Crippen LogP contribution < -0.4 is 5.32 Å². The molecule has 1 N–H and O–H groups in total. The SMILES string of the molecule is O=C(Nc1nc2c(s1)CN(C(=O)/C=C/c1cccs1)CC2)[C@H]1CCCO1. The third-order valence-corrected chi connectivity index (χ3v) is 6.26. The summed E-state index contributed by atoms with van der Waals surface area (Å²) in [5.41, 5.74) is 0.976. The lowest BCUT2D eigenvalue weighted by atomic mass is 10.2. The lowest BCUT2D eigenvalue weighted by Gasteiger charge is -2.24. The number of thiophene rings is 1. The summed E-state index contributed by atoms with van der Waals surface area (Å²) in [6.45, 7) is 1.82. The normalized spacial score (nSPS) is 19.7. The zero-order valence-electron chi connectivity index (χ0n) is 14.1. The summed E-state index contributed by atoms with van der Waals surface area (Å²) >= 11 is 3.05. The van der Waals surface area contributed by atoms with E-state index in [1.54, 1.807) is 17.4 Å². The van der Waals surface area contributed by atoms with Crippen LogP contribution in [0.2, 0.25) is 0 Å². The average molecular weight is 390 g/mol. The summed E-state index contributed by atoms with van der Waals surface area (Å²) in [6.07, 6.45) is 5.50. The van der Waals surface area contributed by atoms with Gasteiger partial charge in [0, 0.05) is 35.4 Å². The lowest BCUT2D eigenvalue weighted by molar-refractivity contribution is -0.127. The standard InChI is InChI=1S/C18H19N3O3S2/c22-16(6-5-12-3-2-10-25-12)21-8-7-13-15(11-21)26-18(19-13)20-17(23)14-4-1-9-24-14/h2-3,5-6,10,14H,1,4,7-9,11H2,(H,19,20,23)/b6-5+/t14-/m1/s1. The van der Waals surface area contributed by atoms with Gasteiger partial charge in [0.05, 0.1) is 12.2 Å². The van der Waals surface area contributed by atoms with E-state index in [0.29, 0.717) is 31.2 Å². The maximum absolute atomic E-state index is 12.4. The Balaban J connectivity index is 1.38. The summed E-state index contributed by atoms with van der Waals surface area (Å²) in [6, 6.07) is 3.95. The zero-order chi connectivity index (χ0) is 17.9. The van der Waals surface area contributed by atoms with Gasteiger partial charge >= 0.3 is 0 Å². The molecule has 4 heterocycles. The molecule has 4 rings (SSSR count). The number of nitrogens with zero attached hydrogens (tertiary/aromatic N) is 2. The third-order valence-electron chi connectivity index (χ3n) is 4.43. The number of ether oxygens (including phenoxy) is 1. The number of thiazole rings is 1. The Morgan fingerprint density at radius 1 is 1.42 bits per heavy atom. The van der Waals surface area contributed by atoms with E-state index in [1.165, 1.54) is 11.3 Å². The Kier molecular flexibility index (Phi) is 5.14. The van der Waals surface area contributed by atoms with Crippen molar-refractivity contribution in [1.29, 1.82) is 0 Å². The quantitative estimate of drug-likeness (QED) is 0.816. The third kappa shape index (κ3) is 3.87. The largest absolute Gasteiger partial charge is 0.368 e. The Hall–Kier alpha value is -2.03. The molecular formula is C18H19N3O3S2. The highest BCUT2D eigenvalue weighted by Crippen LogP contribution is 2.29. The number of hydrogen-bond donors (Lipinski definition) is 1. The number of hydrogen-bond acceptors (Lipinski definition) is 6. The summed E-state index contributed by atoms with van der Waals surface area (Å²) in [5, 5.41) is 5.44. The molecule has 2 aliphatic heterocycles. The van der Waals surface area contributed by atoms with Gasteiger partial charge in [0.25, 0.3) is 5.91 Å². The van der Waals surface area contributed by atoms with E-state index in [0.717, 1.165) is 28.3 Å². The molecule has 0 bridgehead atoms. The second-order valence-electron chi connectivity index (χ2n) is 6.24. The van der Waals surface area contributed by atoms with Gasteiger partial charge in [-0.3, -0.25) is 14.9 Å². The molecule has 0 radical (unpaired) electrons. The fourth-order valence-corrected chi connectivity index (χ4v) is 4.70. The zero-order valence-corrected chi connectivity index (χ0v) is 15.8. The van der Waals surface area contributed by atoms with Gasteiger partial charge < -0.3 is 9.64 Å². The van der Waals surface area contributed by atoms with Crippen molar-refractivity contribution in [2.75, 3.05) is 18.5 Å². The van der Waals surface area contributed by atoms with Gasteiger partial charge in [-0.15, -0.1) is 11.3 Å². The molecule has 0 spiro atoms. The first-order valence-electron chi connectivity index (χ1n) is 8.60. The molecule has 2 aliphatic rings.